The first-order chi connectivity index (χ1) is 11.9. The number of thiazole rings is 1. The number of halogens is 1. The van der Waals surface area contributed by atoms with Crippen molar-refractivity contribution in [3.05, 3.63) is 40.2 Å². The van der Waals surface area contributed by atoms with Crippen LogP contribution in [0.1, 0.15) is 34.8 Å². The number of carbonyl (C=O) groups excluding carboxylic acids is 1. The van der Waals surface area contributed by atoms with Gasteiger partial charge in [0.2, 0.25) is 0 Å². The maximum atomic E-state index is 13.3. The molecule has 0 saturated carbocycles. The van der Waals surface area contributed by atoms with Crippen LogP contribution in [0, 0.1) is 19.7 Å². The summed E-state index contributed by atoms with van der Waals surface area (Å²) in [4.78, 5) is 22.0. The normalized spacial score (nSPS) is 11.2. The van der Waals surface area contributed by atoms with Gasteiger partial charge < -0.3 is 9.80 Å². The van der Waals surface area contributed by atoms with E-state index in [9.17, 15) is 9.18 Å². The molecule has 136 valence electrons. The Morgan fingerprint density at radius 2 is 1.88 bits per heavy atom. The largest absolute Gasteiger partial charge is 0.340 e. The van der Waals surface area contributed by atoms with Crippen LogP contribution in [0.15, 0.2) is 18.2 Å². The molecule has 2 rings (SSSR count). The fourth-order valence-electron chi connectivity index (χ4n) is 2.68. The van der Waals surface area contributed by atoms with Gasteiger partial charge in [-0.05, 0) is 50.7 Å². The zero-order chi connectivity index (χ0) is 18.6. The van der Waals surface area contributed by atoms with Crippen molar-refractivity contribution in [3.63, 3.8) is 0 Å². The molecule has 0 saturated heterocycles. The second-order valence-corrected chi connectivity index (χ2v) is 7.15. The molecule has 1 heterocycles. The Hall–Kier alpha value is -1.79. The van der Waals surface area contributed by atoms with Crippen LogP contribution in [0.4, 0.5) is 4.39 Å². The number of carbonyl (C=O) groups is 1. The summed E-state index contributed by atoms with van der Waals surface area (Å²) in [5, 5.41) is 0.760. The van der Waals surface area contributed by atoms with Crippen molar-refractivity contribution in [1.82, 2.24) is 14.8 Å². The SMILES string of the molecule is CCN(CC)CCN(C)C(=O)c1sc(-c2ccc(F)cc2C)nc1C. The van der Waals surface area contributed by atoms with Crippen molar-refractivity contribution in [2.75, 3.05) is 33.2 Å². The maximum absolute atomic E-state index is 13.3. The highest BCUT2D eigenvalue weighted by atomic mass is 32.1. The zero-order valence-electron chi connectivity index (χ0n) is 15.6. The third-order valence-electron chi connectivity index (χ3n) is 4.40. The number of amides is 1. The molecule has 0 spiro atoms. The van der Waals surface area contributed by atoms with Gasteiger partial charge in [0.05, 0.1) is 5.69 Å². The van der Waals surface area contributed by atoms with Gasteiger partial charge in [0.15, 0.2) is 0 Å². The van der Waals surface area contributed by atoms with Gasteiger partial charge in [-0.1, -0.05) is 13.8 Å². The molecular weight excluding hydrogens is 337 g/mol. The van der Waals surface area contributed by atoms with Gasteiger partial charge in [-0.15, -0.1) is 11.3 Å². The number of nitrogens with zero attached hydrogens (tertiary/aromatic N) is 3. The van der Waals surface area contributed by atoms with Gasteiger partial charge in [-0.3, -0.25) is 4.79 Å². The van der Waals surface area contributed by atoms with Crippen LogP contribution in [0.25, 0.3) is 10.6 Å². The minimum absolute atomic E-state index is 0.00632. The minimum atomic E-state index is -0.262. The molecule has 0 aliphatic carbocycles. The van der Waals surface area contributed by atoms with Crippen molar-refractivity contribution in [2.24, 2.45) is 0 Å². The first kappa shape index (κ1) is 19.5. The summed E-state index contributed by atoms with van der Waals surface area (Å²) >= 11 is 1.38. The van der Waals surface area contributed by atoms with Crippen molar-refractivity contribution in [2.45, 2.75) is 27.7 Å². The molecule has 1 aromatic heterocycles. The molecule has 0 radical (unpaired) electrons. The molecule has 2 aromatic rings. The highest BCUT2D eigenvalue weighted by Gasteiger charge is 2.20. The van der Waals surface area contributed by atoms with E-state index in [1.165, 1.54) is 23.5 Å². The van der Waals surface area contributed by atoms with E-state index in [1.807, 2.05) is 20.9 Å². The number of rotatable bonds is 7. The lowest BCUT2D eigenvalue weighted by atomic mass is 10.1. The van der Waals surface area contributed by atoms with Crippen molar-refractivity contribution < 1.29 is 9.18 Å². The van der Waals surface area contributed by atoms with Crippen LogP contribution in [0.3, 0.4) is 0 Å². The fraction of sp³-hybridized carbons (Fsp3) is 0.474. The Labute approximate surface area is 153 Å². The number of hydrogen-bond donors (Lipinski definition) is 0. The Morgan fingerprint density at radius 1 is 1.20 bits per heavy atom. The summed E-state index contributed by atoms with van der Waals surface area (Å²) in [5.41, 5.74) is 2.42. The van der Waals surface area contributed by atoms with Crippen molar-refractivity contribution in [1.29, 1.82) is 0 Å². The number of aromatic nitrogens is 1. The maximum Gasteiger partial charge on any atom is 0.265 e. The van der Waals surface area contributed by atoms with E-state index in [0.717, 1.165) is 41.5 Å². The first-order valence-corrected chi connectivity index (χ1v) is 9.40. The predicted molar refractivity (Wildman–Crippen MR) is 102 cm³/mol. The van der Waals surface area contributed by atoms with E-state index >= 15 is 0 Å². The molecule has 0 fully saturated rings. The summed E-state index contributed by atoms with van der Waals surface area (Å²) < 4.78 is 13.3. The molecule has 1 amide bonds. The lowest BCUT2D eigenvalue weighted by Crippen LogP contribution is -2.36. The van der Waals surface area contributed by atoms with E-state index in [1.54, 1.807) is 11.0 Å². The average Bonchev–Trinajstić information content (AvgIpc) is 2.96. The second-order valence-electron chi connectivity index (χ2n) is 6.15. The third kappa shape index (κ3) is 4.64. The van der Waals surface area contributed by atoms with Crippen molar-refractivity contribution in [3.8, 4) is 10.6 Å². The molecule has 0 unspecified atom stereocenters. The van der Waals surface area contributed by atoms with Gasteiger partial charge in [-0.25, -0.2) is 9.37 Å². The highest BCUT2D eigenvalue weighted by Crippen LogP contribution is 2.31. The van der Waals surface area contributed by atoms with E-state index in [4.69, 9.17) is 0 Å². The molecule has 6 heteroatoms. The summed E-state index contributed by atoms with van der Waals surface area (Å²) in [7, 11) is 1.83. The van der Waals surface area contributed by atoms with E-state index in [-0.39, 0.29) is 11.7 Å². The molecule has 0 N–H and O–H groups in total. The number of likely N-dealkylation sites (N-methyl/N-ethyl adjacent to an activating group) is 2. The number of aryl methyl sites for hydroxylation is 2. The summed E-state index contributed by atoms with van der Waals surface area (Å²) in [6.07, 6.45) is 0. The van der Waals surface area contributed by atoms with E-state index in [0.29, 0.717) is 11.4 Å². The second kappa shape index (κ2) is 8.54. The molecule has 0 bridgehead atoms. The van der Waals surface area contributed by atoms with Gasteiger partial charge in [0.25, 0.3) is 5.91 Å². The lowest BCUT2D eigenvalue weighted by molar-refractivity contribution is 0.0783. The molecule has 0 aliphatic heterocycles. The van der Waals surface area contributed by atoms with Gasteiger partial charge in [0, 0.05) is 25.7 Å². The fourth-order valence-corrected chi connectivity index (χ4v) is 3.83. The first-order valence-electron chi connectivity index (χ1n) is 8.59. The zero-order valence-corrected chi connectivity index (χ0v) is 16.4. The van der Waals surface area contributed by atoms with Crippen LogP contribution in [-0.2, 0) is 0 Å². The predicted octanol–water partition coefficient (Wildman–Crippen LogP) is 3.98. The molecule has 4 nitrogen and oxygen atoms in total. The summed E-state index contributed by atoms with van der Waals surface area (Å²) in [6, 6.07) is 4.64. The molecule has 25 heavy (non-hydrogen) atoms. The van der Waals surface area contributed by atoms with Gasteiger partial charge in [0.1, 0.15) is 15.7 Å². The van der Waals surface area contributed by atoms with Gasteiger partial charge in [-0.2, -0.15) is 0 Å². The smallest absolute Gasteiger partial charge is 0.265 e. The van der Waals surface area contributed by atoms with Gasteiger partial charge >= 0.3 is 0 Å². The third-order valence-corrected chi connectivity index (χ3v) is 5.58. The Bertz CT molecular complexity index is 740. The Morgan fingerprint density at radius 3 is 2.48 bits per heavy atom. The Balaban J connectivity index is 2.17. The monoisotopic (exact) mass is 363 g/mol. The van der Waals surface area contributed by atoms with Crippen LogP contribution in [-0.4, -0.2) is 53.9 Å². The lowest BCUT2D eigenvalue weighted by Gasteiger charge is -2.22. The molecular formula is C19H26FN3OS. The standard InChI is InChI=1S/C19H26FN3OS/c1-6-23(7-2)11-10-22(5)19(24)17-14(4)21-18(25-17)16-9-8-15(20)12-13(16)3/h8-9,12H,6-7,10-11H2,1-5H3. The number of hydrogen-bond acceptors (Lipinski definition) is 4. The average molecular weight is 364 g/mol. The topological polar surface area (TPSA) is 36.4 Å². The molecule has 0 aliphatic rings. The summed E-state index contributed by atoms with van der Waals surface area (Å²) in [6.45, 7) is 11.4. The number of benzene rings is 1. The van der Waals surface area contributed by atoms with Crippen LogP contribution in [0.2, 0.25) is 0 Å². The quantitative estimate of drug-likeness (QED) is 0.747. The van der Waals surface area contributed by atoms with Crippen LogP contribution in [0.5, 0.6) is 0 Å². The minimum Gasteiger partial charge on any atom is -0.340 e. The van der Waals surface area contributed by atoms with E-state index in [2.05, 4.69) is 23.7 Å². The Kier molecular flexibility index (Phi) is 6.67. The van der Waals surface area contributed by atoms with Crippen molar-refractivity contribution >= 4 is 17.2 Å². The molecule has 0 atom stereocenters. The summed E-state index contributed by atoms with van der Waals surface area (Å²) in [5.74, 6) is -0.268. The van der Waals surface area contributed by atoms with Crippen LogP contribution < -0.4 is 0 Å². The van der Waals surface area contributed by atoms with Crippen LogP contribution >= 0.6 is 11.3 Å². The highest BCUT2D eigenvalue weighted by molar-refractivity contribution is 7.17. The molecule has 1 aromatic carbocycles. The van der Waals surface area contributed by atoms with E-state index < -0.39 is 0 Å².